The average molecular weight is 216 g/mol. The molecule has 4 nitrogen and oxygen atoms in total. The zero-order valence-corrected chi connectivity index (χ0v) is 9.24. The summed E-state index contributed by atoms with van der Waals surface area (Å²) in [4.78, 5) is 11.3. The van der Waals surface area contributed by atoms with Crippen LogP contribution in [-0.4, -0.2) is 35.0 Å². The minimum absolute atomic E-state index is 0.0481. The highest BCUT2D eigenvalue weighted by Gasteiger charge is 2.49. The number of hydrogen-bond donors (Lipinski definition) is 2. The number of carboxylic acids is 1. The van der Waals surface area contributed by atoms with Crippen LogP contribution in [0.5, 0.6) is 0 Å². The number of aliphatic hydroxyl groups excluding tert-OH is 1. The summed E-state index contributed by atoms with van der Waals surface area (Å²) in [6.45, 7) is 2.38. The molecule has 0 saturated heterocycles. The van der Waals surface area contributed by atoms with Gasteiger partial charge in [-0.15, -0.1) is 0 Å². The van der Waals surface area contributed by atoms with Gasteiger partial charge in [-0.05, 0) is 38.0 Å². The lowest BCUT2D eigenvalue weighted by Gasteiger charge is -2.30. The molecule has 2 unspecified atom stereocenters. The van der Waals surface area contributed by atoms with Crippen molar-refractivity contribution in [3.8, 4) is 0 Å². The van der Waals surface area contributed by atoms with Crippen LogP contribution in [0.15, 0.2) is 0 Å². The zero-order valence-electron chi connectivity index (χ0n) is 9.24. The van der Waals surface area contributed by atoms with Gasteiger partial charge in [-0.3, -0.25) is 0 Å². The first-order valence-electron chi connectivity index (χ1n) is 5.65. The first kappa shape index (κ1) is 12.5. The van der Waals surface area contributed by atoms with E-state index in [1.165, 1.54) is 0 Å². The second-order valence-electron chi connectivity index (χ2n) is 4.12. The Hall–Kier alpha value is -0.610. The molecule has 0 amide bonds. The van der Waals surface area contributed by atoms with Gasteiger partial charge < -0.3 is 14.9 Å². The second kappa shape index (κ2) is 5.47. The molecule has 2 N–H and O–H groups in total. The highest BCUT2D eigenvalue weighted by atomic mass is 16.5. The maximum Gasteiger partial charge on any atom is 0.336 e. The summed E-state index contributed by atoms with van der Waals surface area (Å²) in [5.41, 5.74) is -0.982. The molecule has 1 fully saturated rings. The van der Waals surface area contributed by atoms with E-state index < -0.39 is 11.6 Å². The van der Waals surface area contributed by atoms with Crippen LogP contribution in [0.1, 0.15) is 39.0 Å². The monoisotopic (exact) mass is 216 g/mol. The van der Waals surface area contributed by atoms with Crippen LogP contribution in [0.4, 0.5) is 0 Å². The maximum atomic E-state index is 11.3. The van der Waals surface area contributed by atoms with Crippen LogP contribution in [0, 0.1) is 5.92 Å². The minimum Gasteiger partial charge on any atom is -0.479 e. The fraction of sp³-hybridized carbons (Fsp3) is 0.909. The van der Waals surface area contributed by atoms with E-state index in [1.54, 1.807) is 0 Å². The van der Waals surface area contributed by atoms with E-state index in [0.717, 1.165) is 19.3 Å². The molecule has 1 saturated carbocycles. The van der Waals surface area contributed by atoms with Crippen molar-refractivity contribution in [2.45, 2.75) is 44.6 Å². The molecule has 4 heteroatoms. The number of carbonyl (C=O) groups is 1. The van der Waals surface area contributed by atoms with E-state index in [9.17, 15) is 9.90 Å². The van der Waals surface area contributed by atoms with Crippen molar-refractivity contribution in [3.05, 3.63) is 0 Å². The SMILES string of the molecule is CCC1CCCC1(OCCCO)C(=O)O. The number of hydrogen-bond acceptors (Lipinski definition) is 3. The number of aliphatic carboxylic acids is 1. The highest BCUT2D eigenvalue weighted by Crippen LogP contribution is 2.41. The molecule has 2 atom stereocenters. The molecule has 1 rings (SSSR count). The third kappa shape index (κ3) is 2.49. The molecule has 0 spiro atoms. The van der Waals surface area contributed by atoms with Crippen molar-refractivity contribution in [1.82, 2.24) is 0 Å². The van der Waals surface area contributed by atoms with Gasteiger partial charge in [0.2, 0.25) is 0 Å². The third-order valence-electron chi connectivity index (χ3n) is 3.28. The molecule has 0 aromatic rings. The fourth-order valence-corrected chi connectivity index (χ4v) is 2.43. The lowest BCUT2D eigenvalue weighted by Crippen LogP contribution is -2.45. The molecular weight excluding hydrogens is 196 g/mol. The number of rotatable bonds is 6. The van der Waals surface area contributed by atoms with E-state index in [2.05, 4.69) is 0 Å². The Morgan fingerprint density at radius 1 is 1.60 bits per heavy atom. The van der Waals surface area contributed by atoms with Gasteiger partial charge in [0.05, 0.1) is 6.61 Å². The van der Waals surface area contributed by atoms with E-state index >= 15 is 0 Å². The average Bonchev–Trinajstić information content (AvgIpc) is 2.62. The lowest BCUT2D eigenvalue weighted by molar-refractivity contribution is -0.172. The summed E-state index contributed by atoms with van der Waals surface area (Å²) in [6, 6.07) is 0. The largest absolute Gasteiger partial charge is 0.479 e. The third-order valence-corrected chi connectivity index (χ3v) is 3.28. The van der Waals surface area contributed by atoms with Crippen molar-refractivity contribution in [2.24, 2.45) is 5.92 Å². The van der Waals surface area contributed by atoms with Crippen LogP contribution >= 0.6 is 0 Å². The normalized spacial score (nSPS) is 30.7. The first-order valence-corrected chi connectivity index (χ1v) is 5.65. The number of aliphatic hydroxyl groups is 1. The van der Waals surface area contributed by atoms with Crippen LogP contribution in [0.25, 0.3) is 0 Å². The van der Waals surface area contributed by atoms with Crippen LogP contribution < -0.4 is 0 Å². The van der Waals surface area contributed by atoms with Gasteiger partial charge in [0.1, 0.15) is 0 Å². The lowest BCUT2D eigenvalue weighted by atomic mass is 9.88. The summed E-state index contributed by atoms with van der Waals surface area (Å²) in [7, 11) is 0. The van der Waals surface area contributed by atoms with Crippen molar-refractivity contribution in [1.29, 1.82) is 0 Å². The molecule has 0 aromatic heterocycles. The summed E-state index contributed by atoms with van der Waals surface area (Å²) < 4.78 is 5.54. The Labute approximate surface area is 90.2 Å². The van der Waals surface area contributed by atoms with Gasteiger partial charge in [-0.1, -0.05) is 6.92 Å². The quantitative estimate of drug-likeness (QED) is 0.659. The van der Waals surface area contributed by atoms with Gasteiger partial charge in [0, 0.05) is 6.61 Å². The predicted octanol–water partition coefficient (Wildman–Crippen LogP) is 1.42. The molecular formula is C11H20O4. The van der Waals surface area contributed by atoms with E-state index in [1.807, 2.05) is 6.92 Å². The van der Waals surface area contributed by atoms with Gasteiger partial charge in [0.15, 0.2) is 5.60 Å². The molecule has 15 heavy (non-hydrogen) atoms. The Balaban J connectivity index is 2.65. The Bertz CT molecular complexity index is 217. The molecule has 88 valence electrons. The molecule has 0 bridgehead atoms. The summed E-state index contributed by atoms with van der Waals surface area (Å²) >= 11 is 0. The van der Waals surface area contributed by atoms with Crippen molar-refractivity contribution >= 4 is 5.97 Å². The Morgan fingerprint density at radius 2 is 2.33 bits per heavy atom. The van der Waals surface area contributed by atoms with Gasteiger partial charge in [-0.25, -0.2) is 4.79 Å². The summed E-state index contributed by atoms with van der Waals surface area (Å²) in [5.74, 6) is -0.724. The van der Waals surface area contributed by atoms with Crippen molar-refractivity contribution < 1.29 is 19.7 Å². The number of carboxylic acid groups (broad SMARTS) is 1. The summed E-state index contributed by atoms with van der Waals surface area (Å²) in [5, 5.41) is 17.9. The topological polar surface area (TPSA) is 66.8 Å². The predicted molar refractivity (Wildman–Crippen MR) is 55.7 cm³/mol. The zero-order chi connectivity index (χ0) is 11.3. The smallest absolute Gasteiger partial charge is 0.336 e. The van der Waals surface area contributed by atoms with Crippen molar-refractivity contribution in [3.63, 3.8) is 0 Å². The van der Waals surface area contributed by atoms with Gasteiger partial charge >= 0.3 is 5.97 Å². The first-order chi connectivity index (χ1) is 7.17. The van der Waals surface area contributed by atoms with Crippen LogP contribution in [0.3, 0.4) is 0 Å². The van der Waals surface area contributed by atoms with Gasteiger partial charge in [0.25, 0.3) is 0 Å². The highest BCUT2D eigenvalue weighted by molar-refractivity contribution is 5.78. The van der Waals surface area contributed by atoms with Crippen molar-refractivity contribution in [2.75, 3.05) is 13.2 Å². The number of ether oxygens (including phenoxy) is 1. The second-order valence-corrected chi connectivity index (χ2v) is 4.12. The maximum absolute atomic E-state index is 11.3. The molecule has 0 heterocycles. The van der Waals surface area contributed by atoms with Crippen LogP contribution in [-0.2, 0) is 9.53 Å². The molecule has 0 radical (unpaired) electrons. The van der Waals surface area contributed by atoms with E-state index in [4.69, 9.17) is 9.84 Å². The summed E-state index contributed by atoms with van der Waals surface area (Å²) in [6.07, 6.45) is 3.80. The minimum atomic E-state index is -0.982. The standard InChI is InChI=1S/C11H20O4/c1-2-9-5-3-6-11(9,10(13)14)15-8-4-7-12/h9,12H,2-8H2,1H3,(H,13,14). The molecule has 1 aliphatic carbocycles. The Kier molecular flexibility index (Phi) is 4.54. The van der Waals surface area contributed by atoms with Crippen LogP contribution in [0.2, 0.25) is 0 Å². The molecule has 0 aromatic carbocycles. The molecule has 0 aliphatic heterocycles. The van der Waals surface area contributed by atoms with E-state index in [0.29, 0.717) is 19.4 Å². The van der Waals surface area contributed by atoms with E-state index in [-0.39, 0.29) is 12.5 Å². The molecule has 1 aliphatic rings. The van der Waals surface area contributed by atoms with Gasteiger partial charge in [-0.2, -0.15) is 0 Å². The Morgan fingerprint density at radius 3 is 2.87 bits per heavy atom. The fourth-order valence-electron chi connectivity index (χ4n) is 2.43.